The van der Waals surface area contributed by atoms with Crippen LogP contribution in [0.25, 0.3) is 21.9 Å². The molecule has 134 valence electrons. The van der Waals surface area contributed by atoms with E-state index in [1.807, 2.05) is 12.1 Å². The quantitative estimate of drug-likeness (QED) is 0.551. The van der Waals surface area contributed by atoms with E-state index in [2.05, 4.69) is 15.5 Å². The van der Waals surface area contributed by atoms with Crippen LogP contribution in [0.3, 0.4) is 0 Å². The third-order valence-corrected chi connectivity index (χ3v) is 4.41. The van der Waals surface area contributed by atoms with Gasteiger partial charge in [-0.1, -0.05) is 5.16 Å². The van der Waals surface area contributed by atoms with Crippen LogP contribution in [-0.2, 0) is 14.3 Å². The van der Waals surface area contributed by atoms with Gasteiger partial charge in [0.05, 0.1) is 23.4 Å². The summed E-state index contributed by atoms with van der Waals surface area (Å²) in [5, 5.41) is 8.03. The zero-order valence-corrected chi connectivity index (χ0v) is 14.2. The van der Waals surface area contributed by atoms with E-state index < -0.39 is 5.92 Å². The lowest BCUT2D eigenvalue weighted by Gasteiger charge is -2.19. The van der Waals surface area contributed by atoms with Gasteiger partial charge in [0.25, 0.3) is 0 Å². The summed E-state index contributed by atoms with van der Waals surface area (Å²) in [4.78, 5) is 28.1. The van der Waals surface area contributed by atoms with Gasteiger partial charge in [-0.25, -0.2) is 4.98 Å². The fraction of sp³-hybridized carbons (Fsp3) is 0.333. The summed E-state index contributed by atoms with van der Waals surface area (Å²) < 4.78 is 15.9. The largest absolute Gasteiger partial charge is 0.475 e. The summed E-state index contributed by atoms with van der Waals surface area (Å²) >= 11 is 0. The van der Waals surface area contributed by atoms with E-state index in [1.165, 1.54) is 0 Å². The van der Waals surface area contributed by atoms with Crippen molar-refractivity contribution in [3.63, 3.8) is 0 Å². The predicted octanol–water partition coefficient (Wildman–Crippen LogP) is 1.92. The maximum Gasteiger partial charge on any atom is 0.235 e. The van der Waals surface area contributed by atoms with Gasteiger partial charge >= 0.3 is 0 Å². The summed E-state index contributed by atoms with van der Waals surface area (Å²) in [6.07, 6.45) is 0.694. The number of rotatable bonds is 5. The molecule has 8 heteroatoms. The number of carbonyl (C=O) groups excluding carboxylic acids is 2. The van der Waals surface area contributed by atoms with Crippen LogP contribution in [0.2, 0.25) is 0 Å². The highest BCUT2D eigenvalue weighted by Crippen LogP contribution is 2.35. The molecule has 1 saturated heterocycles. The van der Waals surface area contributed by atoms with Crippen LogP contribution >= 0.6 is 0 Å². The summed E-state index contributed by atoms with van der Waals surface area (Å²) in [5.41, 5.74) is 1.82. The lowest BCUT2D eigenvalue weighted by atomic mass is 9.92. The van der Waals surface area contributed by atoms with E-state index in [0.29, 0.717) is 42.3 Å². The smallest absolute Gasteiger partial charge is 0.235 e. The maximum absolute atomic E-state index is 12.2. The van der Waals surface area contributed by atoms with Gasteiger partial charge in [-0.05, 0) is 24.6 Å². The summed E-state index contributed by atoms with van der Waals surface area (Å²) in [7, 11) is 1.61. The molecule has 1 N–H and O–H groups in total. The zero-order chi connectivity index (χ0) is 18.1. The Morgan fingerprint density at radius 1 is 1.23 bits per heavy atom. The second kappa shape index (κ2) is 6.72. The highest BCUT2D eigenvalue weighted by Gasteiger charge is 2.32. The molecule has 3 heterocycles. The van der Waals surface area contributed by atoms with E-state index in [0.717, 1.165) is 10.8 Å². The van der Waals surface area contributed by atoms with E-state index in [9.17, 15) is 9.59 Å². The van der Waals surface area contributed by atoms with Gasteiger partial charge in [0.2, 0.25) is 17.7 Å². The van der Waals surface area contributed by atoms with Crippen molar-refractivity contribution in [1.82, 2.24) is 15.5 Å². The van der Waals surface area contributed by atoms with Crippen LogP contribution in [0.5, 0.6) is 5.88 Å². The first kappa shape index (κ1) is 16.5. The lowest BCUT2D eigenvalue weighted by molar-refractivity contribution is -0.134. The number of hydrogen-bond donors (Lipinski definition) is 1. The highest BCUT2D eigenvalue weighted by molar-refractivity contribution is 6.09. The van der Waals surface area contributed by atoms with Crippen molar-refractivity contribution in [2.24, 2.45) is 0 Å². The Kier molecular flexibility index (Phi) is 4.26. The molecule has 1 aliphatic rings. The minimum absolute atomic E-state index is 0.261. The standard InChI is InChI=1S/C18H17N3O5/c1-24-8-9-25-15-7-3-10-12(19-15)4-5-13-16(10)17(21-26-13)11-2-6-14(22)20-18(11)23/h3-5,7,11H,2,6,8-9H2,1H3,(H,20,22,23)/t11-/m0/s1. The molecule has 1 aromatic carbocycles. The number of nitrogens with one attached hydrogen (secondary N) is 1. The summed E-state index contributed by atoms with van der Waals surface area (Å²) in [6.45, 7) is 0.885. The molecule has 0 aliphatic carbocycles. The third-order valence-electron chi connectivity index (χ3n) is 4.41. The molecule has 0 unspecified atom stereocenters. The molecule has 0 bridgehead atoms. The van der Waals surface area contributed by atoms with Crippen molar-refractivity contribution < 1.29 is 23.6 Å². The molecule has 0 radical (unpaired) electrons. The van der Waals surface area contributed by atoms with Gasteiger partial charge in [0.15, 0.2) is 5.58 Å². The molecule has 26 heavy (non-hydrogen) atoms. The monoisotopic (exact) mass is 355 g/mol. The number of methoxy groups -OCH3 is 1. The Balaban J connectivity index is 1.75. The van der Waals surface area contributed by atoms with Crippen LogP contribution in [0.1, 0.15) is 24.5 Å². The van der Waals surface area contributed by atoms with Gasteiger partial charge in [0.1, 0.15) is 12.3 Å². The molecule has 1 atom stereocenters. The molecule has 4 rings (SSSR count). The van der Waals surface area contributed by atoms with Crippen molar-refractivity contribution in [2.45, 2.75) is 18.8 Å². The van der Waals surface area contributed by atoms with Crippen molar-refractivity contribution in [2.75, 3.05) is 20.3 Å². The Bertz CT molecular complexity index is 997. The second-order valence-corrected chi connectivity index (χ2v) is 6.07. The minimum Gasteiger partial charge on any atom is -0.475 e. The van der Waals surface area contributed by atoms with Crippen molar-refractivity contribution in [1.29, 1.82) is 0 Å². The predicted molar refractivity (Wildman–Crippen MR) is 91.8 cm³/mol. The number of pyridine rings is 1. The maximum atomic E-state index is 12.2. The van der Waals surface area contributed by atoms with Crippen molar-refractivity contribution >= 4 is 33.7 Å². The third kappa shape index (κ3) is 2.88. The molecular weight excluding hydrogens is 338 g/mol. The number of hydrogen-bond acceptors (Lipinski definition) is 7. The Hall–Kier alpha value is -3.00. The number of fused-ring (bicyclic) bond motifs is 3. The zero-order valence-electron chi connectivity index (χ0n) is 14.2. The number of benzene rings is 1. The fourth-order valence-electron chi connectivity index (χ4n) is 3.15. The van der Waals surface area contributed by atoms with Crippen LogP contribution in [0.15, 0.2) is 28.8 Å². The number of amides is 2. The van der Waals surface area contributed by atoms with E-state index in [1.54, 1.807) is 19.2 Å². The highest BCUT2D eigenvalue weighted by atomic mass is 16.5. The number of aromatic nitrogens is 2. The first-order valence-electron chi connectivity index (χ1n) is 8.32. The van der Waals surface area contributed by atoms with Crippen LogP contribution in [-0.4, -0.2) is 42.3 Å². The van der Waals surface area contributed by atoms with Crippen LogP contribution in [0, 0.1) is 0 Å². The lowest BCUT2D eigenvalue weighted by Crippen LogP contribution is -2.39. The first-order chi connectivity index (χ1) is 12.7. The Labute approximate surface area is 148 Å². The van der Waals surface area contributed by atoms with Gasteiger partial charge < -0.3 is 14.0 Å². The molecule has 1 fully saturated rings. The number of carbonyl (C=O) groups is 2. The van der Waals surface area contributed by atoms with Crippen molar-refractivity contribution in [3.05, 3.63) is 30.0 Å². The van der Waals surface area contributed by atoms with Crippen LogP contribution < -0.4 is 10.1 Å². The van der Waals surface area contributed by atoms with E-state index >= 15 is 0 Å². The Morgan fingerprint density at radius 2 is 2.12 bits per heavy atom. The van der Waals surface area contributed by atoms with Gasteiger partial charge in [-0.15, -0.1) is 0 Å². The molecular formula is C18H17N3O5. The minimum atomic E-state index is -0.517. The second-order valence-electron chi connectivity index (χ2n) is 6.07. The number of imide groups is 1. The molecule has 0 spiro atoms. The number of nitrogens with zero attached hydrogens (tertiary/aromatic N) is 2. The fourth-order valence-corrected chi connectivity index (χ4v) is 3.15. The topological polar surface area (TPSA) is 104 Å². The molecule has 0 saturated carbocycles. The number of piperidine rings is 1. The van der Waals surface area contributed by atoms with Gasteiger partial charge in [-0.3, -0.25) is 14.9 Å². The van der Waals surface area contributed by atoms with Gasteiger partial charge in [-0.2, -0.15) is 0 Å². The van der Waals surface area contributed by atoms with E-state index in [-0.39, 0.29) is 18.2 Å². The SMILES string of the molecule is COCCOc1ccc2c(ccc3onc([C@@H]4CCC(=O)NC4=O)c32)n1. The molecule has 1 aliphatic heterocycles. The average molecular weight is 355 g/mol. The summed E-state index contributed by atoms with van der Waals surface area (Å²) in [6, 6.07) is 7.23. The average Bonchev–Trinajstić information content (AvgIpc) is 3.06. The van der Waals surface area contributed by atoms with Crippen molar-refractivity contribution in [3.8, 4) is 5.88 Å². The van der Waals surface area contributed by atoms with Gasteiger partial charge in [0, 0.05) is 25.0 Å². The molecule has 2 aromatic heterocycles. The Morgan fingerprint density at radius 3 is 2.92 bits per heavy atom. The molecule has 8 nitrogen and oxygen atoms in total. The first-order valence-corrected chi connectivity index (χ1v) is 8.32. The summed E-state index contributed by atoms with van der Waals surface area (Å²) in [5.74, 6) is -0.630. The van der Waals surface area contributed by atoms with E-state index in [4.69, 9.17) is 14.0 Å². The normalized spacial score (nSPS) is 17.7. The number of ether oxygens (including phenoxy) is 2. The molecule has 3 aromatic rings. The molecule has 2 amide bonds. The van der Waals surface area contributed by atoms with Crippen LogP contribution in [0.4, 0.5) is 0 Å².